The average molecular weight is 2110 g/mol. The van der Waals surface area contributed by atoms with Crippen LogP contribution in [0.5, 0.6) is 0 Å². The molecule has 13 aromatic heterocycles. The molecule has 0 saturated heterocycles. The van der Waals surface area contributed by atoms with Crippen LogP contribution in [-0.4, -0.2) is 116 Å². The van der Waals surface area contributed by atoms with Gasteiger partial charge in [0, 0.05) is 148 Å². The van der Waals surface area contributed by atoms with Crippen molar-refractivity contribution in [1.82, 2.24) is 87.6 Å². The second kappa shape index (κ2) is 43.3. The molecule has 0 unspecified atom stereocenters. The lowest BCUT2D eigenvalue weighted by Gasteiger charge is -2.12. The van der Waals surface area contributed by atoms with E-state index >= 15 is 0 Å². The zero-order valence-electron chi connectivity index (χ0n) is 74.2. The Balaban J connectivity index is 0.000000120. The van der Waals surface area contributed by atoms with E-state index in [4.69, 9.17) is 15.1 Å². The molecule has 0 aliphatic rings. The molecule has 0 aliphatic carbocycles. The molecule has 0 amide bonds. The van der Waals surface area contributed by atoms with Crippen molar-refractivity contribution in [2.24, 2.45) is 5.14 Å². The van der Waals surface area contributed by atoms with Gasteiger partial charge in [-0.3, -0.25) is 10.2 Å². The third-order valence-electron chi connectivity index (χ3n) is 21.9. The van der Waals surface area contributed by atoms with Gasteiger partial charge < -0.3 is 26.6 Å². The Morgan fingerprint density at radius 1 is 0.381 bits per heavy atom. The normalized spacial score (nSPS) is 11.3. The third-order valence-corrected chi connectivity index (χ3v) is 26.1. The van der Waals surface area contributed by atoms with Crippen LogP contribution in [0, 0.1) is 17.5 Å². The summed E-state index contributed by atoms with van der Waals surface area (Å²) < 4.78 is 105. The first-order valence-electron chi connectivity index (χ1n) is 43.2. The summed E-state index contributed by atoms with van der Waals surface area (Å²) in [6, 6.07) is 77.9. The molecule has 0 saturated carbocycles. The van der Waals surface area contributed by atoms with Crippen LogP contribution in [0.25, 0.3) is 95.8 Å². The lowest BCUT2D eigenvalue weighted by Crippen LogP contribution is -2.29. The molecule has 0 spiro atoms. The summed E-state index contributed by atoms with van der Waals surface area (Å²) in [7, 11) is -6.97. The molecule has 39 heteroatoms. The molecule has 8 aromatic carbocycles. The topological polar surface area (TPSA) is 368 Å². The zero-order valence-corrected chi connectivity index (χ0v) is 81.4. The van der Waals surface area contributed by atoms with Gasteiger partial charge >= 0.3 is 0 Å². The number of nitrogens with two attached hydrogens (primary N) is 1. The predicted molar refractivity (Wildman–Crippen MR) is 541 cm³/mol. The van der Waals surface area contributed by atoms with Gasteiger partial charge in [-0.2, -0.15) is 48.1 Å². The Labute approximate surface area is 824 Å². The lowest BCUT2D eigenvalue weighted by atomic mass is 10.1. The highest BCUT2D eigenvalue weighted by Crippen LogP contribution is 2.35. The second-order valence-electron chi connectivity index (χ2n) is 31.3. The highest BCUT2D eigenvalue weighted by atomic mass is 79.9. The van der Waals surface area contributed by atoms with Crippen molar-refractivity contribution in [1.29, 1.82) is 0 Å². The SMILES string of the molecule is CCc1cnn2c(NCc3ccc[n+](O)c3)cc(-c3ccccc3)nc12.CCc1cnn2c(NCc3cccnc3)cc(-c3ccccc3)nc12.CS(=O)(=O)c1ccc(CNc2cc(-c3ccccc3F)nc3c(Br)cnn23)cc1.Fc1ccccc1-c1cc(NCc2ccc(-c3csnn3)cc2)n2ncc(Br)c2n1.NS(=O)(=O)c1ccc(CNc2cc(-c3ccccc3F)nc3c(Br)cnn23)cc1. The van der Waals surface area contributed by atoms with Crippen molar-refractivity contribution in [2.45, 2.75) is 69.2 Å². The predicted octanol–water partition coefficient (Wildman–Crippen LogP) is 20.4. The molecule has 0 bridgehead atoms. The average Bonchev–Trinajstić information content (AvgIpc) is 1.68. The number of primary sulfonamides is 1. The van der Waals surface area contributed by atoms with Crippen LogP contribution in [0.2, 0.25) is 0 Å². The third kappa shape index (κ3) is 23.0. The summed E-state index contributed by atoms with van der Waals surface area (Å²) in [5.41, 5.74) is 19.2. The van der Waals surface area contributed by atoms with E-state index in [1.54, 1.807) is 166 Å². The molecule has 0 aliphatic heterocycles. The number of aryl methyl sites for hydroxylation is 2. The van der Waals surface area contributed by atoms with E-state index in [1.807, 2.05) is 118 Å². The van der Waals surface area contributed by atoms with E-state index in [1.165, 1.54) is 48.1 Å². The zero-order chi connectivity index (χ0) is 96.7. The first-order chi connectivity index (χ1) is 67.4. The number of nitrogens with one attached hydrogen (secondary N) is 5. The van der Waals surface area contributed by atoms with Gasteiger partial charge in [-0.1, -0.05) is 170 Å². The van der Waals surface area contributed by atoms with Crippen LogP contribution in [0.1, 0.15) is 52.8 Å². The fourth-order valence-electron chi connectivity index (χ4n) is 14.7. The Morgan fingerprint density at radius 3 is 1.09 bits per heavy atom. The van der Waals surface area contributed by atoms with E-state index in [0.29, 0.717) is 104 Å². The van der Waals surface area contributed by atoms with E-state index in [9.17, 15) is 35.2 Å². The van der Waals surface area contributed by atoms with Gasteiger partial charge in [0.15, 0.2) is 38.1 Å². The minimum absolute atomic E-state index is 0.0467. The number of rotatable bonds is 25. The molecule has 0 fully saturated rings. The smallest absolute Gasteiger partial charge is 0.238 e. The number of fused-ring (bicyclic) bond motifs is 5. The van der Waals surface area contributed by atoms with Crippen molar-refractivity contribution < 1.29 is 39.9 Å². The van der Waals surface area contributed by atoms with Crippen molar-refractivity contribution in [3.05, 3.63) is 392 Å². The molecule has 8 N–H and O–H groups in total. The van der Waals surface area contributed by atoms with Gasteiger partial charge in [0.2, 0.25) is 22.4 Å². The molecule has 0 atom stereocenters. The van der Waals surface area contributed by atoms with Crippen molar-refractivity contribution >= 4 is 137 Å². The number of sulfone groups is 1. The van der Waals surface area contributed by atoms with Gasteiger partial charge in [0.25, 0.3) is 0 Å². The quantitative estimate of drug-likeness (QED) is 0.0206. The van der Waals surface area contributed by atoms with Crippen LogP contribution < -0.4 is 36.5 Å². The summed E-state index contributed by atoms with van der Waals surface area (Å²) >= 11 is 11.6. The van der Waals surface area contributed by atoms with E-state index < -0.39 is 19.9 Å². The van der Waals surface area contributed by atoms with Crippen LogP contribution in [0.3, 0.4) is 0 Å². The van der Waals surface area contributed by atoms with Crippen LogP contribution in [0.4, 0.5) is 42.3 Å². The summed E-state index contributed by atoms with van der Waals surface area (Å²) in [5, 5.41) is 59.5. The number of pyridine rings is 2. The van der Waals surface area contributed by atoms with Gasteiger partial charge in [-0.15, -0.1) is 5.10 Å². The fourth-order valence-corrected chi connectivity index (χ4v) is 17.4. The number of aromatic nitrogens is 19. The summed E-state index contributed by atoms with van der Waals surface area (Å²) in [4.78, 5) is 27.8. The van der Waals surface area contributed by atoms with Crippen LogP contribution in [-0.2, 0) is 65.4 Å². The standard InChI is InChI=1S/C21H14BrFN6S.C20H16BrFN4O2S.C20H20N5O.C20H19N5.C19H15BrFN5O2S/c22-16-11-25-29-20(9-18(26-21(16)29)15-3-1-2-4-17(15)23)24-10-13-5-7-14(8-6-13)19-12-30-28-27-19;1-29(27,28)14-8-6-13(7-9-14)11-23-19-10-18(15-4-2-3-5-17(15)22)25-20-16(21)12-24-26(19)20;1-2-16-13-22-25-19(21-12-15-7-6-10-24(26)14-15)11-18(23-20(16)25)17-8-4-3-5-9-17;1-2-16-14-23-25-19(22-13-15-7-6-10-21-12-15)11-18(24-20(16)25)17-8-4-3-5-9-17;20-15-11-24-26-18(23-10-12-5-7-13(8-6-12)29(22,27)28)9-17(25-19(15)26)14-3-1-2-4-16(14)21/h1-9,11-12,24H,10H2;2-10,12,23H,11H2,1H3;3-11,13-14,21,26H,2,12H2,1H3;3-12,14,22H,2,13H2,1H3;1-9,11,23H,10H2,(H2,22,27,28)/q;;+1;;. The maximum Gasteiger partial charge on any atom is 0.238 e. The maximum absolute atomic E-state index is 14.3. The number of anilines is 5. The summed E-state index contributed by atoms with van der Waals surface area (Å²) in [6.45, 7) is 6.86. The minimum Gasteiger partial charge on any atom is -0.366 e. The first-order valence-corrected chi connectivity index (χ1v) is 49.9. The van der Waals surface area contributed by atoms with Gasteiger partial charge in [0.1, 0.15) is 52.2 Å². The van der Waals surface area contributed by atoms with Gasteiger partial charge in [-0.05, 0) is 167 Å². The summed E-state index contributed by atoms with van der Waals surface area (Å²) in [6.07, 6.45) is 18.5. The molecule has 0 radical (unpaired) electrons. The Kier molecular flexibility index (Phi) is 29.7. The highest BCUT2D eigenvalue weighted by Gasteiger charge is 2.22. The number of sulfonamides is 1. The number of hydrogen-bond donors (Lipinski definition) is 7. The Morgan fingerprint density at radius 2 is 0.727 bits per heavy atom. The molecule has 698 valence electrons. The number of nitrogens with zero attached hydrogens (tertiary/aromatic N) is 19. The maximum atomic E-state index is 14.3. The molecule has 30 nitrogen and oxygen atoms in total. The van der Waals surface area contributed by atoms with E-state index in [0.717, 1.165) is 124 Å². The first kappa shape index (κ1) is 95.3. The Hall–Kier alpha value is -15.4. The molecule has 21 aromatic rings. The molecular formula is C100H84Br3F3N25O5S3+. The Bertz CT molecular complexity index is 7960. The molecule has 13 heterocycles. The van der Waals surface area contributed by atoms with Crippen LogP contribution >= 0.6 is 59.3 Å². The number of halogens is 6. The second-order valence-corrected chi connectivity index (χ2v) is 38.1. The number of benzene rings is 8. The van der Waals surface area contributed by atoms with Crippen molar-refractivity contribution in [2.75, 3.05) is 32.8 Å². The van der Waals surface area contributed by atoms with Crippen molar-refractivity contribution in [3.8, 4) is 67.5 Å². The number of hydrogen-bond acceptors (Lipinski definition) is 24. The van der Waals surface area contributed by atoms with Gasteiger partial charge in [0.05, 0.1) is 82.7 Å². The highest BCUT2D eigenvalue weighted by molar-refractivity contribution is 9.11. The largest absolute Gasteiger partial charge is 0.366 e. The molecule has 139 heavy (non-hydrogen) atoms. The molecular weight excluding hydrogens is 2020 g/mol. The monoisotopic (exact) mass is 2100 g/mol. The van der Waals surface area contributed by atoms with Crippen molar-refractivity contribution in [3.63, 3.8) is 0 Å². The minimum atomic E-state index is -3.74. The van der Waals surface area contributed by atoms with E-state index in [-0.39, 0.29) is 27.2 Å². The summed E-state index contributed by atoms with van der Waals surface area (Å²) in [5.74, 6) is 2.70. The van der Waals surface area contributed by atoms with E-state index in [2.05, 4.69) is 174 Å². The van der Waals surface area contributed by atoms with Crippen LogP contribution in [0.15, 0.2) is 345 Å². The lowest BCUT2D eigenvalue weighted by molar-refractivity contribution is -0.905. The molecule has 21 rings (SSSR count). The fraction of sp³-hybridized carbons (Fsp3) is 0.100. The van der Waals surface area contributed by atoms with Gasteiger partial charge in [-0.25, -0.2) is 60.1 Å².